The van der Waals surface area contributed by atoms with Crippen molar-refractivity contribution in [2.45, 2.75) is 38.8 Å². The lowest BCUT2D eigenvalue weighted by Gasteiger charge is -2.15. The monoisotopic (exact) mass is 675 g/mol. The van der Waals surface area contributed by atoms with Gasteiger partial charge in [0.2, 0.25) is 5.91 Å². The molecule has 50 heavy (non-hydrogen) atoms. The van der Waals surface area contributed by atoms with Gasteiger partial charge >= 0.3 is 6.18 Å². The van der Waals surface area contributed by atoms with Crippen molar-refractivity contribution in [1.82, 2.24) is 14.5 Å². The van der Waals surface area contributed by atoms with Crippen LogP contribution in [0.3, 0.4) is 0 Å². The highest BCUT2D eigenvalue weighted by molar-refractivity contribution is 6.13. The second-order valence-corrected chi connectivity index (χ2v) is 12.3. The molecule has 7 rings (SSSR count). The number of hydrogen-bond acceptors (Lipinski definition) is 5. The van der Waals surface area contributed by atoms with E-state index in [1.165, 1.54) is 6.07 Å². The van der Waals surface area contributed by atoms with Crippen LogP contribution >= 0.6 is 0 Å². The molecule has 0 atom stereocenters. The summed E-state index contributed by atoms with van der Waals surface area (Å²) in [7, 11) is 0. The van der Waals surface area contributed by atoms with Gasteiger partial charge in [-0.05, 0) is 97.5 Å². The number of anilines is 2. The third-order valence-corrected chi connectivity index (χ3v) is 8.49. The molecule has 0 aliphatic heterocycles. The second-order valence-electron chi connectivity index (χ2n) is 12.3. The van der Waals surface area contributed by atoms with Crippen molar-refractivity contribution in [2.24, 2.45) is 5.92 Å². The molecule has 6 aromatic rings. The van der Waals surface area contributed by atoms with Crippen LogP contribution in [0.25, 0.3) is 16.5 Å². The minimum Gasteiger partial charge on any atom is -0.457 e. The Morgan fingerprint density at radius 1 is 0.880 bits per heavy atom. The number of nitrogens with zero attached hydrogens (tertiary/aromatic N) is 3. The van der Waals surface area contributed by atoms with E-state index in [2.05, 4.69) is 20.6 Å². The molecule has 1 aliphatic carbocycles. The van der Waals surface area contributed by atoms with E-state index >= 15 is 0 Å². The zero-order chi connectivity index (χ0) is 34.8. The SMILES string of the molecule is Cc1nc(CCc2ccccc2)cn1-c1cc(NC(=O)c2cccc3cc(Oc4ccnc(NC(=O)C5CC5)c4)ccc23)cc(C(F)(F)F)c1. The molecule has 1 aliphatic rings. The minimum absolute atomic E-state index is 0.00187. The first kappa shape index (κ1) is 32.6. The van der Waals surface area contributed by atoms with Gasteiger partial charge in [-0.25, -0.2) is 9.97 Å². The van der Waals surface area contributed by atoms with Crippen LogP contribution in [0.5, 0.6) is 11.5 Å². The van der Waals surface area contributed by atoms with E-state index < -0.39 is 17.6 Å². The molecule has 4 aromatic carbocycles. The van der Waals surface area contributed by atoms with Gasteiger partial charge in [-0.2, -0.15) is 13.2 Å². The standard InChI is InChI=1S/C39H32F3N5O3/c1-24-44-29(13-10-25-6-3-2-4-7-25)23-47(24)31-20-28(39(40,41)42)19-30(21-31)45-38(49)35-9-5-8-27-18-32(14-15-34(27)35)50-33-16-17-43-36(22-33)46-37(48)26-11-12-26/h2-9,14-23,26H,10-13H2,1H3,(H,45,49)(H,43,46,48). The number of pyridine rings is 1. The predicted molar refractivity (Wildman–Crippen MR) is 185 cm³/mol. The highest BCUT2D eigenvalue weighted by atomic mass is 19.4. The van der Waals surface area contributed by atoms with Crippen LogP contribution in [0.1, 0.15) is 45.8 Å². The number of alkyl halides is 3. The first-order valence-electron chi connectivity index (χ1n) is 16.2. The molecule has 0 saturated heterocycles. The van der Waals surface area contributed by atoms with Crippen molar-refractivity contribution in [3.8, 4) is 17.2 Å². The Hall–Kier alpha value is -5.97. The number of carbonyl (C=O) groups is 2. The van der Waals surface area contributed by atoms with Crippen LogP contribution in [-0.2, 0) is 23.8 Å². The van der Waals surface area contributed by atoms with E-state index in [-0.39, 0.29) is 28.8 Å². The van der Waals surface area contributed by atoms with Gasteiger partial charge in [-0.1, -0.05) is 42.5 Å². The number of ether oxygens (including phenoxy) is 1. The maximum Gasteiger partial charge on any atom is 0.416 e. The summed E-state index contributed by atoms with van der Waals surface area (Å²) in [5, 5.41) is 6.76. The van der Waals surface area contributed by atoms with Gasteiger partial charge in [-0.3, -0.25) is 9.59 Å². The summed E-state index contributed by atoms with van der Waals surface area (Å²) in [6.07, 6.45) is 1.75. The molecule has 0 radical (unpaired) electrons. The van der Waals surface area contributed by atoms with Crippen molar-refractivity contribution in [3.63, 3.8) is 0 Å². The molecule has 11 heteroatoms. The zero-order valence-electron chi connectivity index (χ0n) is 27.0. The molecule has 2 N–H and O–H groups in total. The highest BCUT2D eigenvalue weighted by Gasteiger charge is 2.32. The lowest BCUT2D eigenvalue weighted by molar-refractivity contribution is -0.137. The highest BCUT2D eigenvalue weighted by Crippen LogP contribution is 2.35. The van der Waals surface area contributed by atoms with E-state index in [1.54, 1.807) is 66.3 Å². The molecule has 2 aromatic heterocycles. The summed E-state index contributed by atoms with van der Waals surface area (Å²) in [6.45, 7) is 1.74. The minimum atomic E-state index is -4.64. The van der Waals surface area contributed by atoms with E-state index in [1.807, 2.05) is 36.4 Å². The largest absolute Gasteiger partial charge is 0.457 e. The van der Waals surface area contributed by atoms with Crippen molar-refractivity contribution in [2.75, 3.05) is 10.6 Å². The van der Waals surface area contributed by atoms with Crippen molar-refractivity contribution >= 4 is 34.1 Å². The molecule has 0 unspecified atom stereocenters. The van der Waals surface area contributed by atoms with Crippen molar-refractivity contribution < 1.29 is 27.5 Å². The molecule has 1 fully saturated rings. The van der Waals surface area contributed by atoms with Gasteiger partial charge in [0, 0.05) is 41.3 Å². The lowest BCUT2D eigenvalue weighted by Crippen LogP contribution is -2.14. The van der Waals surface area contributed by atoms with Gasteiger partial charge in [-0.15, -0.1) is 0 Å². The number of halogens is 3. The van der Waals surface area contributed by atoms with Crippen molar-refractivity contribution in [1.29, 1.82) is 0 Å². The average Bonchev–Trinajstić information content (AvgIpc) is 3.89. The van der Waals surface area contributed by atoms with E-state index in [9.17, 15) is 22.8 Å². The Balaban J connectivity index is 1.11. The van der Waals surface area contributed by atoms with Crippen LogP contribution in [0.2, 0.25) is 0 Å². The van der Waals surface area contributed by atoms with Gasteiger partial charge in [0.15, 0.2) is 0 Å². The number of rotatable bonds is 10. The fourth-order valence-electron chi connectivity index (χ4n) is 5.79. The van der Waals surface area contributed by atoms with Crippen LogP contribution in [0.15, 0.2) is 109 Å². The van der Waals surface area contributed by atoms with Crippen LogP contribution in [-0.4, -0.2) is 26.3 Å². The summed E-state index contributed by atoms with van der Waals surface area (Å²) in [6, 6.07) is 27.0. The predicted octanol–water partition coefficient (Wildman–Crippen LogP) is 8.93. The second kappa shape index (κ2) is 13.5. The smallest absolute Gasteiger partial charge is 0.416 e. The fraction of sp³-hybridized carbons (Fsp3) is 0.179. The van der Waals surface area contributed by atoms with Gasteiger partial charge in [0.05, 0.1) is 11.3 Å². The van der Waals surface area contributed by atoms with Crippen molar-refractivity contribution in [3.05, 3.63) is 138 Å². The number of carbonyl (C=O) groups excluding carboxylic acids is 2. The summed E-state index contributed by atoms with van der Waals surface area (Å²) in [5.74, 6) is 1.29. The number of aromatic nitrogens is 3. The fourth-order valence-corrected chi connectivity index (χ4v) is 5.79. The number of amides is 2. The van der Waals surface area contributed by atoms with Crippen LogP contribution in [0.4, 0.5) is 24.7 Å². The first-order chi connectivity index (χ1) is 24.1. The average molecular weight is 676 g/mol. The maximum absolute atomic E-state index is 14.1. The van der Waals surface area contributed by atoms with Gasteiger partial charge in [0.1, 0.15) is 23.1 Å². The van der Waals surface area contributed by atoms with Crippen LogP contribution < -0.4 is 15.4 Å². The molecule has 8 nitrogen and oxygen atoms in total. The molecule has 2 heterocycles. The molecular weight excluding hydrogens is 643 g/mol. The molecule has 252 valence electrons. The van der Waals surface area contributed by atoms with E-state index in [4.69, 9.17) is 4.74 Å². The zero-order valence-corrected chi connectivity index (χ0v) is 27.0. The topological polar surface area (TPSA) is 98.1 Å². The Bertz CT molecular complexity index is 2210. The third-order valence-electron chi connectivity index (χ3n) is 8.49. The number of nitrogens with one attached hydrogen (secondary N) is 2. The molecular formula is C39H32F3N5O3. The molecule has 1 saturated carbocycles. The maximum atomic E-state index is 14.1. The molecule has 0 bridgehead atoms. The van der Waals surface area contributed by atoms with Crippen LogP contribution in [0, 0.1) is 12.8 Å². The first-order valence-corrected chi connectivity index (χ1v) is 16.2. The normalized spacial score (nSPS) is 12.9. The number of fused-ring (bicyclic) bond motifs is 1. The number of imidazole rings is 1. The number of hydrogen-bond donors (Lipinski definition) is 2. The quantitative estimate of drug-likeness (QED) is 0.151. The Kier molecular flexibility index (Phi) is 8.80. The lowest BCUT2D eigenvalue weighted by atomic mass is 10.0. The van der Waals surface area contributed by atoms with Gasteiger partial charge in [0.25, 0.3) is 5.91 Å². The summed E-state index contributed by atoms with van der Waals surface area (Å²) < 4.78 is 49.9. The number of aryl methyl sites for hydroxylation is 3. The van der Waals surface area contributed by atoms with E-state index in [0.717, 1.165) is 42.7 Å². The molecule has 0 spiro atoms. The Morgan fingerprint density at radius 2 is 1.68 bits per heavy atom. The molecule has 2 amide bonds. The van der Waals surface area contributed by atoms with Gasteiger partial charge < -0.3 is 19.9 Å². The third kappa shape index (κ3) is 7.52. The Labute approximate surface area is 286 Å². The summed E-state index contributed by atoms with van der Waals surface area (Å²) in [5.41, 5.74) is 1.51. The number of benzene rings is 4. The summed E-state index contributed by atoms with van der Waals surface area (Å²) in [4.78, 5) is 34.5. The summed E-state index contributed by atoms with van der Waals surface area (Å²) >= 11 is 0. The Morgan fingerprint density at radius 3 is 2.46 bits per heavy atom. The van der Waals surface area contributed by atoms with E-state index in [0.29, 0.717) is 40.3 Å².